The van der Waals surface area contributed by atoms with E-state index in [-0.39, 0.29) is 17.9 Å². The van der Waals surface area contributed by atoms with Crippen LogP contribution in [0.2, 0.25) is 5.02 Å². The fourth-order valence-corrected chi connectivity index (χ4v) is 4.57. The molecule has 3 amide bonds. The Morgan fingerprint density at radius 2 is 1.97 bits per heavy atom. The summed E-state index contributed by atoms with van der Waals surface area (Å²) in [6.07, 6.45) is 1.70. The number of nitrogens with zero attached hydrogens (tertiary/aromatic N) is 3. The summed E-state index contributed by atoms with van der Waals surface area (Å²) < 4.78 is 5.30. The zero-order chi connectivity index (χ0) is 22.5. The summed E-state index contributed by atoms with van der Waals surface area (Å²) >= 11 is 7.32. The molecule has 1 fully saturated rings. The Bertz CT molecular complexity index is 1110. The van der Waals surface area contributed by atoms with Gasteiger partial charge in [0.15, 0.2) is 0 Å². The number of carbonyl (C=O) groups is 2. The molecule has 2 heterocycles. The number of benzene rings is 2. The first-order valence-electron chi connectivity index (χ1n) is 10.1. The molecule has 1 aliphatic heterocycles. The number of amides is 3. The van der Waals surface area contributed by atoms with Gasteiger partial charge in [-0.25, -0.2) is 4.79 Å². The number of methoxy groups -OCH3 is 1. The van der Waals surface area contributed by atoms with E-state index in [9.17, 15) is 9.59 Å². The largest absolute Gasteiger partial charge is 0.495 e. The lowest BCUT2D eigenvalue weighted by atomic mass is 9.99. The van der Waals surface area contributed by atoms with Crippen LogP contribution in [0, 0.1) is 0 Å². The van der Waals surface area contributed by atoms with Crippen LogP contribution in [0.4, 0.5) is 16.2 Å². The molecule has 0 aliphatic carbocycles. The first-order chi connectivity index (χ1) is 15.5. The Hall–Kier alpha value is -3.17. The van der Waals surface area contributed by atoms with Crippen LogP contribution in [0.5, 0.6) is 5.75 Å². The average Bonchev–Trinajstić information content (AvgIpc) is 3.31. The minimum absolute atomic E-state index is 0.0199. The van der Waals surface area contributed by atoms with Gasteiger partial charge < -0.3 is 20.3 Å². The molecule has 4 rings (SSSR count). The molecule has 1 atom stereocenters. The maximum Gasteiger partial charge on any atom is 0.321 e. The van der Waals surface area contributed by atoms with Gasteiger partial charge in [0, 0.05) is 29.7 Å². The molecule has 0 saturated carbocycles. The maximum atomic E-state index is 12.9. The second-order valence-corrected chi connectivity index (χ2v) is 8.77. The fourth-order valence-electron chi connectivity index (χ4n) is 3.53. The molecule has 0 radical (unpaired) electrons. The number of rotatable bonds is 5. The normalized spacial score (nSPS) is 15.8. The minimum Gasteiger partial charge on any atom is -0.495 e. The van der Waals surface area contributed by atoms with Crippen molar-refractivity contribution < 1.29 is 14.3 Å². The smallest absolute Gasteiger partial charge is 0.321 e. The van der Waals surface area contributed by atoms with Crippen molar-refractivity contribution in [2.45, 2.75) is 18.8 Å². The van der Waals surface area contributed by atoms with Crippen LogP contribution in [-0.4, -0.2) is 47.2 Å². The lowest BCUT2D eigenvalue weighted by Gasteiger charge is -2.31. The number of urea groups is 1. The van der Waals surface area contributed by atoms with Gasteiger partial charge in [0.25, 0.3) is 5.91 Å². The quantitative estimate of drug-likeness (QED) is 0.553. The fraction of sp³-hybridized carbons (Fsp3) is 0.273. The predicted molar refractivity (Wildman–Crippen MR) is 125 cm³/mol. The minimum atomic E-state index is -0.293. The number of anilines is 2. The van der Waals surface area contributed by atoms with E-state index >= 15 is 0 Å². The van der Waals surface area contributed by atoms with Crippen LogP contribution in [0.1, 0.15) is 33.6 Å². The highest BCUT2D eigenvalue weighted by Crippen LogP contribution is 2.31. The van der Waals surface area contributed by atoms with Gasteiger partial charge >= 0.3 is 6.03 Å². The highest BCUT2D eigenvalue weighted by atomic mass is 35.5. The number of carbonyl (C=O) groups excluding carboxylic acids is 2. The molecule has 2 N–H and O–H groups in total. The van der Waals surface area contributed by atoms with Crippen LogP contribution >= 0.6 is 22.9 Å². The van der Waals surface area contributed by atoms with E-state index < -0.39 is 0 Å². The molecule has 1 aromatic heterocycles. The Morgan fingerprint density at radius 3 is 2.75 bits per heavy atom. The number of hydrogen-bond donors (Lipinski definition) is 2. The van der Waals surface area contributed by atoms with E-state index in [4.69, 9.17) is 16.3 Å². The van der Waals surface area contributed by atoms with E-state index in [1.165, 1.54) is 18.4 Å². The van der Waals surface area contributed by atoms with Crippen LogP contribution < -0.4 is 15.4 Å². The second kappa shape index (κ2) is 9.97. The summed E-state index contributed by atoms with van der Waals surface area (Å²) in [5, 5.41) is 15.5. The van der Waals surface area contributed by atoms with Gasteiger partial charge in [-0.3, -0.25) is 4.79 Å². The zero-order valence-corrected chi connectivity index (χ0v) is 18.9. The van der Waals surface area contributed by atoms with Crippen molar-refractivity contribution in [3.63, 3.8) is 0 Å². The van der Waals surface area contributed by atoms with Crippen molar-refractivity contribution in [1.29, 1.82) is 0 Å². The molecule has 2 aromatic carbocycles. The lowest BCUT2D eigenvalue weighted by molar-refractivity contribution is 0.102. The topological polar surface area (TPSA) is 96.4 Å². The number of halogens is 1. The van der Waals surface area contributed by atoms with E-state index in [0.29, 0.717) is 40.2 Å². The molecule has 10 heteroatoms. The van der Waals surface area contributed by atoms with Gasteiger partial charge in [-0.05, 0) is 43.2 Å². The molecular weight excluding hydrogens is 450 g/mol. The van der Waals surface area contributed by atoms with Gasteiger partial charge in [0.1, 0.15) is 10.8 Å². The second-order valence-electron chi connectivity index (χ2n) is 7.33. The summed E-state index contributed by atoms with van der Waals surface area (Å²) in [4.78, 5) is 27.1. The summed E-state index contributed by atoms with van der Waals surface area (Å²) in [7, 11) is 1.54. The third-order valence-electron chi connectivity index (χ3n) is 5.13. The van der Waals surface area contributed by atoms with Crippen LogP contribution in [-0.2, 0) is 0 Å². The van der Waals surface area contributed by atoms with Crippen molar-refractivity contribution in [2.24, 2.45) is 0 Å². The highest BCUT2D eigenvalue weighted by Gasteiger charge is 2.28. The van der Waals surface area contributed by atoms with Gasteiger partial charge in [0.2, 0.25) is 5.01 Å². The van der Waals surface area contributed by atoms with Crippen LogP contribution in [0.3, 0.4) is 0 Å². The number of hydrogen-bond acceptors (Lipinski definition) is 6. The molecule has 1 unspecified atom stereocenters. The summed E-state index contributed by atoms with van der Waals surface area (Å²) in [6.45, 7) is 1.12. The average molecular weight is 472 g/mol. The lowest BCUT2D eigenvalue weighted by Crippen LogP contribution is -2.41. The van der Waals surface area contributed by atoms with Crippen LogP contribution in [0.25, 0.3) is 0 Å². The molecule has 8 nitrogen and oxygen atoms in total. The van der Waals surface area contributed by atoms with E-state index in [0.717, 1.165) is 17.8 Å². The van der Waals surface area contributed by atoms with E-state index in [2.05, 4.69) is 20.8 Å². The van der Waals surface area contributed by atoms with Gasteiger partial charge in [-0.2, -0.15) is 0 Å². The number of nitrogens with one attached hydrogen (secondary N) is 2. The number of para-hydroxylation sites is 1. The van der Waals surface area contributed by atoms with Gasteiger partial charge in [-0.1, -0.05) is 41.1 Å². The van der Waals surface area contributed by atoms with Crippen molar-refractivity contribution >= 4 is 46.3 Å². The SMILES string of the molecule is COc1ccc(Cl)cc1NC(=O)N1CCCC(c2nnc(C(=O)Nc3ccccc3)s2)C1. The Labute approximate surface area is 194 Å². The molecule has 3 aromatic rings. The summed E-state index contributed by atoms with van der Waals surface area (Å²) in [5.41, 5.74) is 1.22. The van der Waals surface area contributed by atoms with Crippen molar-refractivity contribution in [3.05, 3.63) is 63.6 Å². The van der Waals surface area contributed by atoms with E-state index in [1.54, 1.807) is 23.1 Å². The molecule has 0 bridgehead atoms. The van der Waals surface area contributed by atoms with Crippen molar-refractivity contribution in [3.8, 4) is 5.75 Å². The first-order valence-corrected chi connectivity index (χ1v) is 11.3. The van der Waals surface area contributed by atoms with Gasteiger partial charge in [-0.15, -0.1) is 10.2 Å². The standard InChI is InChI=1S/C22H22ClN5O3S/c1-31-18-10-9-15(23)12-17(18)25-22(30)28-11-5-6-14(13-28)20-26-27-21(32-20)19(29)24-16-7-3-2-4-8-16/h2-4,7-10,12,14H,5-6,11,13H2,1H3,(H,24,29)(H,25,30). The Kier molecular flexibility index (Phi) is 6.87. The first kappa shape index (κ1) is 22.0. The van der Waals surface area contributed by atoms with E-state index in [1.807, 2.05) is 30.3 Å². The maximum absolute atomic E-state index is 12.9. The molecule has 1 aliphatic rings. The number of ether oxygens (including phenoxy) is 1. The number of aromatic nitrogens is 2. The third-order valence-corrected chi connectivity index (χ3v) is 6.45. The molecule has 32 heavy (non-hydrogen) atoms. The van der Waals surface area contributed by atoms with Crippen LogP contribution in [0.15, 0.2) is 48.5 Å². The predicted octanol–water partition coefficient (Wildman–Crippen LogP) is 4.86. The summed E-state index contributed by atoms with van der Waals surface area (Å²) in [5.74, 6) is 0.263. The monoisotopic (exact) mass is 471 g/mol. The molecule has 166 valence electrons. The Balaban J connectivity index is 1.40. The van der Waals surface area contributed by atoms with Gasteiger partial charge in [0.05, 0.1) is 12.8 Å². The Morgan fingerprint density at radius 1 is 1.16 bits per heavy atom. The third kappa shape index (κ3) is 5.17. The highest BCUT2D eigenvalue weighted by molar-refractivity contribution is 7.13. The number of piperidine rings is 1. The number of likely N-dealkylation sites (tertiary alicyclic amines) is 1. The molecular formula is C22H22ClN5O3S. The molecule has 0 spiro atoms. The zero-order valence-electron chi connectivity index (χ0n) is 17.4. The molecule has 1 saturated heterocycles. The summed E-state index contributed by atoms with van der Waals surface area (Å²) in [6, 6.07) is 14.0. The van der Waals surface area contributed by atoms with Crippen molar-refractivity contribution in [1.82, 2.24) is 15.1 Å². The van der Waals surface area contributed by atoms with Crippen molar-refractivity contribution in [2.75, 3.05) is 30.8 Å².